The summed E-state index contributed by atoms with van der Waals surface area (Å²) >= 11 is 12.1. The molecule has 6 nitrogen and oxygen atoms in total. The van der Waals surface area contributed by atoms with E-state index in [-0.39, 0.29) is 28.3 Å². The minimum atomic E-state index is -0.537. The summed E-state index contributed by atoms with van der Waals surface area (Å²) in [7, 11) is 0. The van der Waals surface area contributed by atoms with Crippen molar-refractivity contribution in [3.8, 4) is 11.4 Å². The van der Waals surface area contributed by atoms with E-state index >= 15 is 0 Å². The molecule has 1 aromatic heterocycles. The fraction of sp³-hybridized carbons (Fsp3) is 0.211. The Labute approximate surface area is 171 Å². The number of hydrogen-bond acceptors (Lipinski definition) is 6. The number of hydrogen-bond donors (Lipinski definition) is 1. The first-order valence-electron chi connectivity index (χ1n) is 8.67. The zero-order chi connectivity index (χ0) is 19.9. The van der Waals surface area contributed by atoms with Crippen LogP contribution < -0.4 is 5.32 Å². The molecule has 2 aromatic carbocycles. The Morgan fingerprint density at radius 2 is 1.82 bits per heavy atom. The van der Waals surface area contributed by atoms with Gasteiger partial charge in [-0.3, -0.25) is 0 Å². The van der Waals surface area contributed by atoms with E-state index in [2.05, 4.69) is 37.4 Å². The molecule has 0 amide bonds. The second kappa shape index (κ2) is 9.52. The number of anilines is 2. The van der Waals surface area contributed by atoms with Crippen LogP contribution in [0, 0.1) is 5.82 Å². The van der Waals surface area contributed by atoms with Gasteiger partial charge in [-0.15, -0.1) is 5.11 Å². The van der Waals surface area contributed by atoms with Crippen molar-refractivity contribution in [1.82, 2.24) is 15.0 Å². The summed E-state index contributed by atoms with van der Waals surface area (Å²) in [6, 6.07) is 11.4. The monoisotopic (exact) mass is 418 g/mol. The molecule has 1 N–H and O–H groups in total. The van der Waals surface area contributed by atoms with Gasteiger partial charge in [0.15, 0.2) is 5.82 Å². The molecule has 0 spiro atoms. The Balaban J connectivity index is 2.00. The predicted molar refractivity (Wildman–Crippen MR) is 109 cm³/mol. The lowest BCUT2D eigenvalue weighted by atomic mass is 10.2. The molecule has 144 valence electrons. The van der Waals surface area contributed by atoms with Crippen molar-refractivity contribution >= 4 is 40.8 Å². The fourth-order valence-electron chi connectivity index (χ4n) is 2.29. The summed E-state index contributed by atoms with van der Waals surface area (Å²) in [5.41, 5.74) is 0.783. The highest BCUT2D eigenvalue weighted by molar-refractivity contribution is 6.33. The third-order valence-electron chi connectivity index (χ3n) is 3.68. The van der Waals surface area contributed by atoms with Gasteiger partial charge in [0.1, 0.15) is 5.82 Å². The van der Waals surface area contributed by atoms with Crippen molar-refractivity contribution in [3.05, 3.63) is 58.3 Å². The minimum Gasteiger partial charge on any atom is -0.324 e. The van der Waals surface area contributed by atoms with E-state index in [1.165, 1.54) is 12.1 Å². The number of unbranched alkanes of at least 4 members (excludes halogenated alkanes) is 1. The van der Waals surface area contributed by atoms with Gasteiger partial charge in [-0.05, 0) is 42.8 Å². The molecule has 0 atom stereocenters. The van der Waals surface area contributed by atoms with E-state index in [1.807, 2.05) is 0 Å². The van der Waals surface area contributed by atoms with Crippen LogP contribution in [0.5, 0.6) is 0 Å². The molecule has 0 radical (unpaired) electrons. The van der Waals surface area contributed by atoms with E-state index in [4.69, 9.17) is 23.2 Å². The van der Waals surface area contributed by atoms with E-state index in [0.29, 0.717) is 17.3 Å². The highest BCUT2D eigenvalue weighted by atomic mass is 35.5. The Hall–Kier alpha value is -2.64. The van der Waals surface area contributed by atoms with E-state index in [1.54, 1.807) is 30.3 Å². The molecular weight excluding hydrogens is 402 g/mol. The van der Waals surface area contributed by atoms with E-state index in [0.717, 1.165) is 12.8 Å². The van der Waals surface area contributed by atoms with Crippen LogP contribution in [0.2, 0.25) is 10.0 Å². The lowest BCUT2D eigenvalue weighted by Gasteiger charge is -2.09. The zero-order valence-electron chi connectivity index (χ0n) is 15.0. The molecule has 0 unspecified atom stereocenters. The van der Waals surface area contributed by atoms with Crippen LogP contribution in [-0.4, -0.2) is 21.5 Å². The molecular formula is C19H17Cl2FN6. The topological polar surface area (TPSA) is 75.4 Å². The summed E-state index contributed by atoms with van der Waals surface area (Å²) in [6.45, 7) is 2.61. The van der Waals surface area contributed by atoms with Crippen molar-refractivity contribution in [2.24, 2.45) is 10.2 Å². The van der Waals surface area contributed by atoms with E-state index in [9.17, 15) is 4.39 Å². The smallest absolute Gasteiger partial charge is 0.273 e. The van der Waals surface area contributed by atoms with Crippen molar-refractivity contribution in [3.63, 3.8) is 0 Å². The second-order valence-corrected chi connectivity index (χ2v) is 6.67. The van der Waals surface area contributed by atoms with Crippen molar-refractivity contribution in [2.45, 2.75) is 19.8 Å². The van der Waals surface area contributed by atoms with Crippen LogP contribution in [0.1, 0.15) is 19.8 Å². The molecule has 0 saturated carbocycles. The molecule has 3 rings (SSSR count). The molecule has 0 aliphatic heterocycles. The number of benzene rings is 2. The van der Waals surface area contributed by atoms with Gasteiger partial charge >= 0.3 is 0 Å². The number of aromatic nitrogens is 3. The standard InChI is InChI=1S/C19H17Cl2FN6/c1-2-3-11-23-28-19-26-17(16-14(21)5-4-6-15(16)22)25-18(27-19)24-13-9-7-12(20)8-10-13/h4-10H,2-3,11H2,1H3,(H,24,25,26,27). The minimum absolute atomic E-state index is 0.0666. The van der Waals surface area contributed by atoms with Gasteiger partial charge in [-0.2, -0.15) is 20.1 Å². The molecule has 0 saturated heterocycles. The van der Waals surface area contributed by atoms with Gasteiger partial charge < -0.3 is 5.32 Å². The number of halogens is 3. The molecule has 0 fully saturated rings. The Morgan fingerprint density at radius 3 is 2.54 bits per heavy atom. The Bertz CT molecular complexity index is 958. The predicted octanol–water partition coefficient (Wildman–Crippen LogP) is 6.61. The summed E-state index contributed by atoms with van der Waals surface area (Å²) < 4.78 is 14.3. The van der Waals surface area contributed by atoms with Gasteiger partial charge in [-0.25, -0.2) is 4.39 Å². The van der Waals surface area contributed by atoms with Crippen LogP contribution >= 0.6 is 23.2 Å². The lowest BCUT2D eigenvalue weighted by Crippen LogP contribution is -2.02. The molecule has 1 heterocycles. The van der Waals surface area contributed by atoms with Gasteiger partial charge in [0.25, 0.3) is 5.95 Å². The lowest BCUT2D eigenvalue weighted by molar-refractivity contribution is 0.630. The molecule has 28 heavy (non-hydrogen) atoms. The summed E-state index contributed by atoms with van der Waals surface area (Å²) in [6.07, 6.45) is 1.89. The van der Waals surface area contributed by atoms with E-state index < -0.39 is 5.82 Å². The number of azo groups is 1. The van der Waals surface area contributed by atoms with Crippen LogP contribution in [0.15, 0.2) is 52.7 Å². The van der Waals surface area contributed by atoms with Crippen LogP contribution in [0.25, 0.3) is 11.4 Å². The average molecular weight is 419 g/mol. The second-order valence-electron chi connectivity index (χ2n) is 5.83. The maximum atomic E-state index is 14.3. The summed E-state index contributed by atoms with van der Waals surface area (Å²) in [5.74, 6) is -0.211. The van der Waals surface area contributed by atoms with Gasteiger partial charge in [0, 0.05) is 10.7 Å². The van der Waals surface area contributed by atoms with Crippen molar-refractivity contribution in [2.75, 3.05) is 11.9 Å². The molecule has 3 aromatic rings. The fourth-order valence-corrected chi connectivity index (χ4v) is 2.67. The first-order valence-corrected chi connectivity index (χ1v) is 9.43. The quantitative estimate of drug-likeness (QED) is 0.345. The van der Waals surface area contributed by atoms with Crippen molar-refractivity contribution in [1.29, 1.82) is 0 Å². The first-order chi connectivity index (χ1) is 13.6. The van der Waals surface area contributed by atoms with Gasteiger partial charge in [-0.1, -0.05) is 42.6 Å². The largest absolute Gasteiger partial charge is 0.324 e. The number of rotatable bonds is 7. The maximum absolute atomic E-state index is 14.3. The summed E-state index contributed by atoms with van der Waals surface area (Å²) in [5, 5.41) is 11.9. The number of nitrogens with one attached hydrogen (secondary N) is 1. The molecule has 9 heteroatoms. The molecule has 0 aliphatic carbocycles. The van der Waals surface area contributed by atoms with Gasteiger partial charge in [0.2, 0.25) is 5.95 Å². The van der Waals surface area contributed by atoms with Crippen LogP contribution in [-0.2, 0) is 0 Å². The Kier molecular flexibility index (Phi) is 6.84. The van der Waals surface area contributed by atoms with Gasteiger partial charge in [0.05, 0.1) is 17.1 Å². The van der Waals surface area contributed by atoms with Crippen molar-refractivity contribution < 1.29 is 4.39 Å². The highest BCUT2D eigenvalue weighted by Crippen LogP contribution is 2.30. The normalized spacial score (nSPS) is 11.1. The van der Waals surface area contributed by atoms with Crippen LogP contribution in [0.4, 0.5) is 22.0 Å². The van der Waals surface area contributed by atoms with Crippen LogP contribution in [0.3, 0.4) is 0 Å². The third-order valence-corrected chi connectivity index (χ3v) is 4.25. The first kappa shape index (κ1) is 20.1. The maximum Gasteiger partial charge on any atom is 0.273 e. The third kappa shape index (κ3) is 5.21. The average Bonchev–Trinajstić information content (AvgIpc) is 2.67. The molecule has 0 aliphatic rings. The highest BCUT2D eigenvalue weighted by Gasteiger charge is 2.16. The zero-order valence-corrected chi connectivity index (χ0v) is 16.5. The SMILES string of the molecule is CCCCN=Nc1nc(Nc2ccc(Cl)cc2)nc(-c2c(F)cccc2Cl)n1. The number of nitrogens with zero attached hydrogens (tertiary/aromatic N) is 5. The summed E-state index contributed by atoms with van der Waals surface area (Å²) in [4.78, 5) is 12.7. The Morgan fingerprint density at radius 1 is 1.04 bits per heavy atom. The molecule has 0 bridgehead atoms.